The van der Waals surface area contributed by atoms with E-state index in [0.717, 1.165) is 19.5 Å². The van der Waals surface area contributed by atoms with Crippen LogP contribution in [0.4, 0.5) is 0 Å². The van der Waals surface area contributed by atoms with E-state index in [4.69, 9.17) is 0 Å². The average molecular weight is 249 g/mol. The van der Waals surface area contributed by atoms with Crippen molar-refractivity contribution in [1.29, 1.82) is 0 Å². The molecule has 19 heavy (non-hydrogen) atoms. The zero-order chi connectivity index (χ0) is 13.1. The molecular formula is C18H19N. The highest BCUT2D eigenvalue weighted by atomic mass is 14.9. The van der Waals surface area contributed by atoms with E-state index in [-0.39, 0.29) is 0 Å². The summed E-state index contributed by atoms with van der Waals surface area (Å²) in [6, 6.07) is 19.6. The lowest BCUT2D eigenvalue weighted by molar-refractivity contribution is 0.862. The molecule has 1 heterocycles. The van der Waals surface area contributed by atoms with E-state index in [2.05, 4.69) is 66.8 Å². The largest absolute Gasteiger partial charge is 0.313 e. The molecule has 0 spiro atoms. The van der Waals surface area contributed by atoms with Gasteiger partial charge in [-0.25, -0.2) is 0 Å². The van der Waals surface area contributed by atoms with Gasteiger partial charge in [-0.1, -0.05) is 60.2 Å². The first kappa shape index (κ1) is 12.2. The Morgan fingerprint density at radius 2 is 1.74 bits per heavy atom. The van der Waals surface area contributed by atoms with Gasteiger partial charge in [-0.15, -0.1) is 0 Å². The molecule has 0 atom stereocenters. The third-order valence-electron chi connectivity index (χ3n) is 3.66. The number of aryl methyl sites for hydroxylation is 1. The third-order valence-corrected chi connectivity index (χ3v) is 3.66. The third kappa shape index (κ3) is 2.61. The summed E-state index contributed by atoms with van der Waals surface area (Å²) in [5, 5.41) is 3.45. The number of hydrogen-bond acceptors (Lipinski definition) is 1. The van der Waals surface area contributed by atoms with Crippen molar-refractivity contribution in [3.8, 4) is 0 Å². The fourth-order valence-corrected chi connectivity index (χ4v) is 2.76. The topological polar surface area (TPSA) is 12.0 Å². The van der Waals surface area contributed by atoms with Gasteiger partial charge < -0.3 is 5.32 Å². The fourth-order valence-electron chi connectivity index (χ4n) is 2.76. The van der Waals surface area contributed by atoms with Crippen molar-refractivity contribution >= 4 is 5.57 Å². The Labute approximate surface area is 115 Å². The molecule has 0 saturated carbocycles. The van der Waals surface area contributed by atoms with Crippen LogP contribution in [0.3, 0.4) is 0 Å². The quantitative estimate of drug-likeness (QED) is 0.854. The van der Waals surface area contributed by atoms with Gasteiger partial charge in [0.1, 0.15) is 0 Å². The molecule has 2 aromatic carbocycles. The summed E-state index contributed by atoms with van der Waals surface area (Å²) in [5.41, 5.74) is 6.92. The van der Waals surface area contributed by atoms with Crippen LogP contribution < -0.4 is 5.32 Å². The molecule has 1 aliphatic rings. The summed E-state index contributed by atoms with van der Waals surface area (Å²) >= 11 is 0. The van der Waals surface area contributed by atoms with Crippen LogP contribution in [0, 0.1) is 6.92 Å². The van der Waals surface area contributed by atoms with E-state index >= 15 is 0 Å². The second-order valence-corrected chi connectivity index (χ2v) is 5.14. The van der Waals surface area contributed by atoms with E-state index in [1.165, 1.54) is 27.8 Å². The summed E-state index contributed by atoms with van der Waals surface area (Å²) < 4.78 is 0. The minimum Gasteiger partial charge on any atom is -0.313 e. The van der Waals surface area contributed by atoms with Crippen LogP contribution >= 0.6 is 0 Å². The van der Waals surface area contributed by atoms with Crippen molar-refractivity contribution in [3.63, 3.8) is 0 Å². The first-order valence-corrected chi connectivity index (χ1v) is 6.90. The molecule has 0 amide bonds. The van der Waals surface area contributed by atoms with Gasteiger partial charge in [0, 0.05) is 6.54 Å². The molecule has 2 aromatic rings. The molecule has 0 aromatic heterocycles. The van der Waals surface area contributed by atoms with Gasteiger partial charge in [0.05, 0.1) is 0 Å². The highest BCUT2D eigenvalue weighted by Gasteiger charge is 2.15. The molecule has 0 bridgehead atoms. The number of rotatable bonds is 2. The zero-order valence-electron chi connectivity index (χ0n) is 11.3. The second-order valence-electron chi connectivity index (χ2n) is 5.14. The molecule has 3 rings (SSSR count). The lowest BCUT2D eigenvalue weighted by Gasteiger charge is -2.13. The van der Waals surface area contributed by atoms with Crippen LogP contribution in [-0.4, -0.2) is 13.1 Å². The molecule has 96 valence electrons. The van der Waals surface area contributed by atoms with E-state index in [1.807, 2.05) is 0 Å². The Balaban J connectivity index is 2.15. The number of nitrogens with one attached hydrogen (secondary N) is 1. The first-order chi connectivity index (χ1) is 9.34. The summed E-state index contributed by atoms with van der Waals surface area (Å²) in [7, 11) is 0. The molecule has 1 saturated heterocycles. The van der Waals surface area contributed by atoms with Crippen molar-refractivity contribution in [1.82, 2.24) is 5.32 Å². The van der Waals surface area contributed by atoms with Gasteiger partial charge in [0.15, 0.2) is 0 Å². The fraction of sp³-hybridized carbons (Fsp3) is 0.222. The minimum absolute atomic E-state index is 1.01. The Morgan fingerprint density at radius 3 is 2.42 bits per heavy atom. The highest BCUT2D eigenvalue weighted by Crippen LogP contribution is 2.29. The van der Waals surface area contributed by atoms with Crippen LogP contribution in [0.2, 0.25) is 0 Å². The Bertz CT molecular complexity index is 588. The summed E-state index contributed by atoms with van der Waals surface area (Å²) in [6.45, 7) is 4.26. The minimum atomic E-state index is 1.01. The maximum absolute atomic E-state index is 3.45. The van der Waals surface area contributed by atoms with Crippen molar-refractivity contribution in [2.45, 2.75) is 13.3 Å². The van der Waals surface area contributed by atoms with Crippen molar-refractivity contribution < 1.29 is 0 Å². The molecule has 1 fully saturated rings. The van der Waals surface area contributed by atoms with Crippen LogP contribution in [-0.2, 0) is 0 Å². The lowest BCUT2D eigenvalue weighted by atomic mass is 9.92. The molecule has 0 aliphatic carbocycles. The Morgan fingerprint density at radius 1 is 0.947 bits per heavy atom. The van der Waals surface area contributed by atoms with Gasteiger partial charge in [0.25, 0.3) is 0 Å². The van der Waals surface area contributed by atoms with Crippen LogP contribution in [0.1, 0.15) is 23.1 Å². The maximum Gasteiger partial charge on any atom is 0.0174 e. The van der Waals surface area contributed by atoms with Gasteiger partial charge in [0.2, 0.25) is 0 Å². The lowest BCUT2D eigenvalue weighted by Crippen LogP contribution is -2.05. The summed E-state index contributed by atoms with van der Waals surface area (Å²) in [6.07, 6.45) is 1.15. The van der Waals surface area contributed by atoms with Gasteiger partial charge in [-0.3, -0.25) is 0 Å². The smallest absolute Gasteiger partial charge is 0.0174 e. The van der Waals surface area contributed by atoms with Crippen LogP contribution in [0.25, 0.3) is 5.57 Å². The summed E-state index contributed by atoms with van der Waals surface area (Å²) in [5.74, 6) is 0. The predicted molar refractivity (Wildman–Crippen MR) is 81.1 cm³/mol. The normalized spacial score (nSPS) is 17.5. The Kier molecular flexibility index (Phi) is 3.47. The monoisotopic (exact) mass is 249 g/mol. The van der Waals surface area contributed by atoms with Crippen molar-refractivity contribution in [3.05, 3.63) is 76.9 Å². The summed E-state index contributed by atoms with van der Waals surface area (Å²) in [4.78, 5) is 0. The van der Waals surface area contributed by atoms with E-state index < -0.39 is 0 Å². The SMILES string of the molecule is Cc1cccc(/C(=C2/CCNC2)c2ccccc2)c1. The first-order valence-electron chi connectivity index (χ1n) is 6.90. The molecule has 0 unspecified atom stereocenters. The van der Waals surface area contributed by atoms with E-state index in [0.29, 0.717) is 0 Å². The standard InChI is InChI=1S/C18H19N/c1-14-6-5-9-16(12-14)18(17-10-11-19-13-17)15-7-3-2-4-8-15/h2-9,12,19H,10-11,13H2,1H3/b18-17-. The molecule has 1 heteroatoms. The van der Waals surface area contributed by atoms with Gasteiger partial charge in [-0.2, -0.15) is 0 Å². The Hall–Kier alpha value is -1.86. The molecule has 0 radical (unpaired) electrons. The number of benzene rings is 2. The van der Waals surface area contributed by atoms with Crippen LogP contribution in [0.5, 0.6) is 0 Å². The zero-order valence-corrected chi connectivity index (χ0v) is 11.3. The number of hydrogen-bond donors (Lipinski definition) is 1. The molecular weight excluding hydrogens is 230 g/mol. The van der Waals surface area contributed by atoms with Crippen molar-refractivity contribution in [2.75, 3.05) is 13.1 Å². The van der Waals surface area contributed by atoms with E-state index in [1.54, 1.807) is 0 Å². The average Bonchev–Trinajstić information content (AvgIpc) is 2.94. The van der Waals surface area contributed by atoms with Gasteiger partial charge >= 0.3 is 0 Å². The predicted octanol–water partition coefficient (Wildman–Crippen LogP) is 3.79. The van der Waals surface area contributed by atoms with E-state index in [9.17, 15) is 0 Å². The van der Waals surface area contributed by atoms with Crippen molar-refractivity contribution in [2.24, 2.45) is 0 Å². The second kappa shape index (κ2) is 5.41. The maximum atomic E-state index is 3.45. The van der Waals surface area contributed by atoms with Gasteiger partial charge in [-0.05, 0) is 42.2 Å². The van der Waals surface area contributed by atoms with Crippen LogP contribution in [0.15, 0.2) is 60.2 Å². The highest BCUT2D eigenvalue weighted by molar-refractivity contribution is 5.82. The molecule has 1 aliphatic heterocycles. The molecule has 1 nitrogen and oxygen atoms in total. The molecule has 1 N–H and O–H groups in total.